The van der Waals surface area contributed by atoms with Crippen molar-refractivity contribution in [2.45, 2.75) is 6.04 Å². The third-order valence-corrected chi connectivity index (χ3v) is 4.61. The Kier molecular flexibility index (Phi) is 3.78. The quantitative estimate of drug-likeness (QED) is 0.409. The zero-order valence-electron chi connectivity index (χ0n) is 13.1. The van der Waals surface area contributed by atoms with Gasteiger partial charge in [-0.05, 0) is 29.8 Å². The van der Waals surface area contributed by atoms with Crippen LogP contribution < -0.4 is 5.32 Å². The van der Waals surface area contributed by atoms with Crippen molar-refractivity contribution < 1.29 is 5.11 Å². The lowest BCUT2D eigenvalue weighted by atomic mass is 9.97. The molecule has 1 aliphatic heterocycles. The Labute approximate surface area is 149 Å². The number of para-hydroxylation sites is 1. The van der Waals surface area contributed by atoms with Crippen LogP contribution in [-0.4, -0.2) is 22.1 Å². The molecule has 1 aliphatic rings. The van der Waals surface area contributed by atoms with Gasteiger partial charge in [-0.15, -0.1) is 0 Å². The van der Waals surface area contributed by atoms with Gasteiger partial charge in [-0.3, -0.25) is 5.41 Å². The summed E-state index contributed by atoms with van der Waals surface area (Å²) in [7, 11) is 0. The highest BCUT2D eigenvalue weighted by atomic mass is 35.5. The average molecular weight is 351 g/mol. The summed E-state index contributed by atoms with van der Waals surface area (Å²) in [6.45, 7) is 0. The number of aliphatic imine (C=N–C) groups is 1. The molecular formula is C19H15ClN4O. The molecule has 0 amide bonds. The molecule has 1 unspecified atom stereocenters. The topological polar surface area (TPSA) is 84.3 Å². The molecule has 0 saturated carbocycles. The van der Waals surface area contributed by atoms with Gasteiger partial charge in [-0.1, -0.05) is 35.9 Å². The van der Waals surface area contributed by atoms with Gasteiger partial charge in [-0.2, -0.15) is 0 Å². The number of phenols is 1. The van der Waals surface area contributed by atoms with E-state index in [0.717, 1.165) is 34.4 Å². The second kappa shape index (κ2) is 6.11. The lowest BCUT2D eigenvalue weighted by Crippen LogP contribution is -2.11. The van der Waals surface area contributed by atoms with Crippen LogP contribution in [0, 0.1) is 5.41 Å². The van der Waals surface area contributed by atoms with Crippen molar-refractivity contribution in [3.8, 4) is 5.75 Å². The van der Waals surface area contributed by atoms with Crippen LogP contribution in [0.2, 0.25) is 5.02 Å². The van der Waals surface area contributed by atoms with Crippen molar-refractivity contribution in [1.29, 1.82) is 5.41 Å². The second-order valence-electron chi connectivity index (χ2n) is 5.75. The third kappa shape index (κ3) is 2.58. The number of rotatable bonds is 2. The molecule has 4 N–H and O–H groups in total. The number of nitrogens with zero attached hydrogens (tertiary/aromatic N) is 1. The number of benzene rings is 2. The molecule has 0 fully saturated rings. The molecule has 4 rings (SSSR count). The van der Waals surface area contributed by atoms with E-state index < -0.39 is 0 Å². The number of H-pyrrole nitrogens is 1. The van der Waals surface area contributed by atoms with Gasteiger partial charge in [-0.25, -0.2) is 4.99 Å². The summed E-state index contributed by atoms with van der Waals surface area (Å²) >= 11 is 6.11. The highest BCUT2D eigenvalue weighted by Gasteiger charge is 2.27. The van der Waals surface area contributed by atoms with Gasteiger partial charge >= 0.3 is 0 Å². The average Bonchev–Trinajstić information content (AvgIpc) is 3.05. The molecule has 25 heavy (non-hydrogen) atoms. The van der Waals surface area contributed by atoms with E-state index in [0.29, 0.717) is 10.7 Å². The molecule has 5 nitrogen and oxygen atoms in total. The fourth-order valence-corrected chi connectivity index (χ4v) is 3.36. The third-order valence-electron chi connectivity index (χ3n) is 4.31. The van der Waals surface area contributed by atoms with Gasteiger partial charge < -0.3 is 15.4 Å². The van der Waals surface area contributed by atoms with E-state index in [4.69, 9.17) is 17.0 Å². The first-order valence-electron chi connectivity index (χ1n) is 7.78. The molecule has 0 radical (unpaired) electrons. The highest BCUT2D eigenvalue weighted by molar-refractivity contribution is 6.32. The number of aromatic nitrogens is 1. The molecule has 2 aromatic carbocycles. The number of fused-ring (bicyclic) bond motifs is 2. The number of anilines is 1. The minimum absolute atomic E-state index is 0.0554. The van der Waals surface area contributed by atoms with Crippen LogP contribution in [0.25, 0.3) is 0 Å². The molecule has 1 atom stereocenters. The van der Waals surface area contributed by atoms with E-state index in [-0.39, 0.29) is 11.8 Å². The molecule has 0 spiro atoms. The van der Waals surface area contributed by atoms with Crippen molar-refractivity contribution in [1.82, 2.24) is 4.98 Å². The lowest BCUT2D eigenvalue weighted by Gasteiger charge is -2.19. The van der Waals surface area contributed by atoms with E-state index in [9.17, 15) is 5.11 Å². The number of hydrogen-bond donors (Lipinski definition) is 4. The number of aromatic amines is 1. The van der Waals surface area contributed by atoms with Crippen LogP contribution in [-0.2, 0) is 0 Å². The minimum Gasteiger partial charge on any atom is -0.506 e. The maximum absolute atomic E-state index is 9.72. The standard InChI is InChI=1S/C19H15ClN4O/c20-14-9-11(5-6-16(14)25)17-13-7-8-22-19(13)18(23-10-21)12-3-1-2-4-15(12)24-17/h1-10,17,21-22,24-25H. The van der Waals surface area contributed by atoms with E-state index in [1.165, 1.54) is 0 Å². The van der Waals surface area contributed by atoms with Crippen molar-refractivity contribution in [2.24, 2.45) is 4.99 Å². The fraction of sp³-hybridized carbons (Fsp3) is 0.0526. The number of phenolic OH excluding ortho intramolecular Hbond substituents is 1. The second-order valence-corrected chi connectivity index (χ2v) is 6.16. The highest BCUT2D eigenvalue weighted by Crippen LogP contribution is 2.37. The number of aromatic hydroxyl groups is 1. The number of halogens is 1. The lowest BCUT2D eigenvalue weighted by molar-refractivity contribution is 0.475. The van der Waals surface area contributed by atoms with Crippen molar-refractivity contribution in [3.63, 3.8) is 0 Å². The van der Waals surface area contributed by atoms with Gasteiger partial charge in [0.05, 0.1) is 22.5 Å². The molecule has 0 saturated heterocycles. The zero-order valence-corrected chi connectivity index (χ0v) is 13.9. The van der Waals surface area contributed by atoms with E-state index in [2.05, 4.69) is 15.3 Å². The molecule has 2 heterocycles. The number of hydrogen-bond acceptors (Lipinski definition) is 3. The van der Waals surface area contributed by atoms with Crippen LogP contribution in [0.15, 0.2) is 59.7 Å². The van der Waals surface area contributed by atoms with Crippen LogP contribution in [0.5, 0.6) is 5.75 Å². The van der Waals surface area contributed by atoms with Gasteiger partial charge in [0.1, 0.15) is 12.1 Å². The Bertz CT molecular complexity index is 993. The molecule has 1 aromatic heterocycles. The summed E-state index contributed by atoms with van der Waals surface area (Å²) in [4.78, 5) is 7.52. The first kappa shape index (κ1) is 15.5. The zero-order chi connectivity index (χ0) is 17.4. The Morgan fingerprint density at radius 3 is 2.80 bits per heavy atom. The SMILES string of the molecule is N=CN=C1c2ccccc2NC(c2ccc(O)c(Cl)c2)c2cc[nH]c21. The smallest absolute Gasteiger partial charge is 0.134 e. The molecule has 124 valence electrons. The Morgan fingerprint density at radius 2 is 2.00 bits per heavy atom. The maximum Gasteiger partial charge on any atom is 0.134 e. The van der Waals surface area contributed by atoms with Crippen LogP contribution >= 0.6 is 11.6 Å². The summed E-state index contributed by atoms with van der Waals surface area (Å²) in [6.07, 6.45) is 2.91. The van der Waals surface area contributed by atoms with Crippen molar-refractivity contribution >= 4 is 29.3 Å². The summed E-state index contributed by atoms with van der Waals surface area (Å²) in [6, 6.07) is 14.9. The first-order chi connectivity index (χ1) is 12.2. The summed E-state index contributed by atoms with van der Waals surface area (Å²) < 4.78 is 0. The Balaban J connectivity index is 1.95. The predicted octanol–water partition coefficient (Wildman–Crippen LogP) is 4.33. The first-order valence-corrected chi connectivity index (χ1v) is 8.15. The van der Waals surface area contributed by atoms with Crippen molar-refractivity contribution in [2.75, 3.05) is 5.32 Å². The van der Waals surface area contributed by atoms with E-state index in [1.807, 2.05) is 42.6 Å². The van der Waals surface area contributed by atoms with Crippen LogP contribution in [0.3, 0.4) is 0 Å². The molecule has 3 aromatic rings. The monoisotopic (exact) mass is 350 g/mol. The Morgan fingerprint density at radius 1 is 1.16 bits per heavy atom. The molecular weight excluding hydrogens is 336 g/mol. The van der Waals surface area contributed by atoms with Gasteiger partial charge in [0.15, 0.2) is 0 Å². The largest absolute Gasteiger partial charge is 0.506 e. The van der Waals surface area contributed by atoms with Gasteiger partial charge in [0.2, 0.25) is 0 Å². The predicted molar refractivity (Wildman–Crippen MR) is 100 cm³/mol. The minimum atomic E-state index is -0.168. The molecule has 0 bridgehead atoms. The van der Waals surface area contributed by atoms with Crippen LogP contribution in [0.1, 0.15) is 28.4 Å². The number of nitrogens with one attached hydrogen (secondary N) is 3. The Hall–Kier alpha value is -3.05. The molecule has 6 heteroatoms. The van der Waals surface area contributed by atoms with Crippen molar-refractivity contribution in [3.05, 3.63) is 82.1 Å². The molecule has 0 aliphatic carbocycles. The maximum atomic E-state index is 9.72. The van der Waals surface area contributed by atoms with E-state index >= 15 is 0 Å². The summed E-state index contributed by atoms with van der Waals surface area (Å²) in [5.41, 5.74) is 5.33. The van der Waals surface area contributed by atoms with Gasteiger partial charge in [0.25, 0.3) is 0 Å². The normalized spacial score (nSPS) is 17.3. The van der Waals surface area contributed by atoms with Crippen LogP contribution in [0.4, 0.5) is 5.69 Å². The summed E-state index contributed by atoms with van der Waals surface area (Å²) in [5.74, 6) is 0.0554. The van der Waals surface area contributed by atoms with Gasteiger partial charge in [0, 0.05) is 23.0 Å². The van der Waals surface area contributed by atoms with E-state index in [1.54, 1.807) is 12.1 Å². The summed E-state index contributed by atoms with van der Waals surface area (Å²) in [5, 5.41) is 21.0. The fourth-order valence-electron chi connectivity index (χ4n) is 3.17.